The van der Waals surface area contributed by atoms with E-state index >= 15 is 0 Å². The molecule has 0 aliphatic heterocycles. The molecule has 0 saturated carbocycles. The number of rotatable bonds is 5. The Bertz CT molecular complexity index is 1370. The van der Waals surface area contributed by atoms with Crippen LogP contribution in [0.1, 0.15) is 19.4 Å². The number of anilines is 2. The number of halogens is 2. The Kier molecular flexibility index (Phi) is 6.63. The summed E-state index contributed by atoms with van der Waals surface area (Å²) in [5.74, 6) is -1.23. The minimum Gasteiger partial charge on any atom is -0.382 e. The molecule has 0 spiro atoms. The van der Waals surface area contributed by atoms with Crippen molar-refractivity contribution in [2.45, 2.75) is 25.5 Å². The number of nitrogen functional groups attached to an aromatic ring is 1. The lowest BCUT2D eigenvalue weighted by Crippen LogP contribution is -2.10. The van der Waals surface area contributed by atoms with Crippen molar-refractivity contribution in [1.82, 2.24) is 24.6 Å². The summed E-state index contributed by atoms with van der Waals surface area (Å²) in [6.07, 6.45) is 4.14. The third-order valence-corrected chi connectivity index (χ3v) is 5.04. The van der Waals surface area contributed by atoms with E-state index in [1.54, 1.807) is 12.3 Å². The second-order valence-electron chi connectivity index (χ2n) is 6.43. The van der Waals surface area contributed by atoms with Crippen LogP contribution in [0.4, 0.5) is 20.4 Å². The molecule has 0 fully saturated rings. The lowest BCUT2D eigenvalue weighted by atomic mass is 10.2. The zero-order valence-corrected chi connectivity index (χ0v) is 18.4. The van der Waals surface area contributed by atoms with Crippen LogP contribution >= 0.6 is 0 Å². The average Bonchev–Trinajstić information content (AvgIpc) is 3.09. The molecule has 3 heterocycles. The van der Waals surface area contributed by atoms with Gasteiger partial charge in [-0.25, -0.2) is 36.7 Å². The minimum atomic E-state index is -3.78. The highest BCUT2D eigenvalue weighted by Crippen LogP contribution is 2.29. The van der Waals surface area contributed by atoms with Crippen LogP contribution in [0.25, 0.3) is 16.9 Å². The van der Waals surface area contributed by atoms with Gasteiger partial charge in [0, 0.05) is 42.9 Å². The van der Waals surface area contributed by atoms with Crippen molar-refractivity contribution < 1.29 is 17.2 Å². The zero-order chi connectivity index (χ0) is 23.5. The number of sulfone groups is 1. The van der Waals surface area contributed by atoms with Crippen LogP contribution < -0.4 is 11.1 Å². The number of nitrogens with zero attached hydrogens (tertiary/aromatic N) is 5. The number of nitrogens with two attached hydrogens (primary N) is 1. The van der Waals surface area contributed by atoms with Gasteiger partial charge >= 0.3 is 0 Å². The number of hydrogen-bond acceptors (Lipinski definition) is 8. The van der Waals surface area contributed by atoms with E-state index in [0.717, 1.165) is 18.4 Å². The van der Waals surface area contributed by atoms with E-state index in [0.29, 0.717) is 11.2 Å². The summed E-state index contributed by atoms with van der Waals surface area (Å²) in [6, 6.07) is 6.28. The summed E-state index contributed by atoms with van der Waals surface area (Å²) < 4.78 is 52.6. The van der Waals surface area contributed by atoms with Gasteiger partial charge in [0.25, 0.3) is 0 Å². The molecule has 0 unspecified atom stereocenters. The molecular weight excluding hydrogens is 440 g/mol. The van der Waals surface area contributed by atoms with Gasteiger partial charge in [-0.05, 0) is 12.1 Å². The van der Waals surface area contributed by atoms with Gasteiger partial charge in [0.1, 0.15) is 17.5 Å². The SMILES string of the molecule is CC.CS(=O)(=O)c1nc(NCc2ccc(F)cc2F)cc(-c2c(N)nn3cccnc23)n1. The van der Waals surface area contributed by atoms with E-state index < -0.39 is 26.6 Å². The molecule has 0 aliphatic rings. The zero-order valence-electron chi connectivity index (χ0n) is 17.5. The Labute approximate surface area is 183 Å². The van der Waals surface area contributed by atoms with Gasteiger partial charge in [0.05, 0.1) is 11.3 Å². The summed E-state index contributed by atoms with van der Waals surface area (Å²) >= 11 is 0. The Morgan fingerprint density at radius 1 is 1.16 bits per heavy atom. The summed E-state index contributed by atoms with van der Waals surface area (Å²) in [5.41, 5.74) is 7.07. The number of aromatic nitrogens is 5. The Morgan fingerprint density at radius 3 is 2.59 bits per heavy atom. The molecule has 12 heteroatoms. The van der Waals surface area contributed by atoms with Crippen LogP contribution in [-0.2, 0) is 16.4 Å². The molecule has 168 valence electrons. The molecule has 0 amide bonds. The van der Waals surface area contributed by atoms with Crippen molar-refractivity contribution in [3.63, 3.8) is 0 Å². The fraction of sp³-hybridized carbons (Fsp3) is 0.200. The number of hydrogen-bond donors (Lipinski definition) is 2. The largest absolute Gasteiger partial charge is 0.382 e. The van der Waals surface area contributed by atoms with E-state index in [1.807, 2.05) is 13.8 Å². The maximum absolute atomic E-state index is 13.9. The van der Waals surface area contributed by atoms with Crippen molar-refractivity contribution in [2.75, 3.05) is 17.3 Å². The predicted octanol–water partition coefficient (Wildman–Crippen LogP) is 3.09. The monoisotopic (exact) mass is 461 g/mol. The van der Waals surface area contributed by atoms with Crippen molar-refractivity contribution in [3.05, 3.63) is 59.9 Å². The van der Waals surface area contributed by atoms with E-state index in [4.69, 9.17) is 5.73 Å². The van der Waals surface area contributed by atoms with Gasteiger partial charge in [-0.2, -0.15) is 0 Å². The molecule has 0 saturated heterocycles. The molecule has 0 aliphatic carbocycles. The molecule has 0 atom stereocenters. The van der Waals surface area contributed by atoms with E-state index in [1.165, 1.54) is 22.8 Å². The van der Waals surface area contributed by atoms with E-state index in [-0.39, 0.29) is 29.4 Å². The highest BCUT2D eigenvalue weighted by molar-refractivity contribution is 7.90. The molecule has 0 radical (unpaired) electrons. The number of benzene rings is 1. The van der Waals surface area contributed by atoms with Crippen LogP contribution in [0.2, 0.25) is 0 Å². The summed E-state index contributed by atoms with van der Waals surface area (Å²) in [7, 11) is -3.78. The molecule has 1 aromatic carbocycles. The van der Waals surface area contributed by atoms with Crippen molar-refractivity contribution in [2.24, 2.45) is 0 Å². The first kappa shape index (κ1) is 23.0. The first-order chi connectivity index (χ1) is 15.2. The third kappa shape index (κ3) is 4.80. The number of fused-ring (bicyclic) bond motifs is 1. The van der Waals surface area contributed by atoms with Crippen LogP contribution in [0.3, 0.4) is 0 Å². The van der Waals surface area contributed by atoms with E-state index in [2.05, 4.69) is 25.4 Å². The highest BCUT2D eigenvalue weighted by Gasteiger charge is 2.20. The maximum atomic E-state index is 13.9. The Balaban J connectivity index is 0.00000141. The third-order valence-electron chi connectivity index (χ3n) is 4.19. The fourth-order valence-electron chi connectivity index (χ4n) is 2.81. The normalized spacial score (nSPS) is 11.2. The lowest BCUT2D eigenvalue weighted by molar-refractivity contribution is 0.573. The van der Waals surface area contributed by atoms with Crippen LogP contribution in [0.15, 0.2) is 47.9 Å². The molecule has 9 nitrogen and oxygen atoms in total. The summed E-state index contributed by atoms with van der Waals surface area (Å²) in [5, 5.41) is 6.53. The van der Waals surface area contributed by atoms with Gasteiger partial charge in [0.2, 0.25) is 15.0 Å². The Morgan fingerprint density at radius 2 is 1.91 bits per heavy atom. The first-order valence-corrected chi connectivity index (χ1v) is 11.5. The summed E-state index contributed by atoms with van der Waals surface area (Å²) in [4.78, 5) is 12.3. The smallest absolute Gasteiger partial charge is 0.249 e. The minimum absolute atomic E-state index is 0.0612. The van der Waals surface area contributed by atoms with Gasteiger partial charge in [0.15, 0.2) is 11.5 Å². The standard InChI is InChI=1S/C18H15F2N7O2S.C2H6/c1-30(28,29)18-24-13(15-16(21)26-27-6-2-5-22-17(15)27)8-14(25-18)23-9-10-3-4-11(19)7-12(10)20;1-2/h2-8H,9H2,1H3,(H2,21,26)(H,23,24,25);1-2H3. The first-order valence-electron chi connectivity index (χ1n) is 9.58. The molecule has 3 aromatic heterocycles. The van der Waals surface area contributed by atoms with Gasteiger partial charge in [-0.15, -0.1) is 5.10 Å². The van der Waals surface area contributed by atoms with Crippen molar-refractivity contribution in [1.29, 1.82) is 0 Å². The van der Waals surface area contributed by atoms with Crippen molar-refractivity contribution in [3.8, 4) is 11.3 Å². The molecule has 3 N–H and O–H groups in total. The molecule has 32 heavy (non-hydrogen) atoms. The molecule has 4 rings (SSSR count). The number of nitrogens with one attached hydrogen (secondary N) is 1. The van der Waals surface area contributed by atoms with E-state index in [9.17, 15) is 17.2 Å². The van der Waals surface area contributed by atoms with Crippen LogP contribution in [0.5, 0.6) is 0 Å². The molecular formula is C20H21F2N7O2S. The summed E-state index contributed by atoms with van der Waals surface area (Å²) in [6.45, 7) is 3.94. The highest BCUT2D eigenvalue weighted by atomic mass is 32.2. The predicted molar refractivity (Wildman–Crippen MR) is 117 cm³/mol. The van der Waals surface area contributed by atoms with Gasteiger partial charge in [-0.1, -0.05) is 19.9 Å². The quantitative estimate of drug-likeness (QED) is 0.434. The topological polar surface area (TPSA) is 128 Å². The Hall–Kier alpha value is -3.67. The maximum Gasteiger partial charge on any atom is 0.249 e. The average molecular weight is 461 g/mol. The fourth-order valence-corrected chi connectivity index (χ4v) is 3.34. The van der Waals surface area contributed by atoms with Gasteiger partial charge in [-0.3, -0.25) is 0 Å². The van der Waals surface area contributed by atoms with Crippen molar-refractivity contribution >= 4 is 27.1 Å². The molecule has 4 aromatic rings. The second kappa shape index (κ2) is 9.22. The van der Waals surface area contributed by atoms with Gasteiger partial charge < -0.3 is 11.1 Å². The van der Waals surface area contributed by atoms with Crippen LogP contribution in [-0.4, -0.2) is 39.2 Å². The molecule has 0 bridgehead atoms. The van der Waals surface area contributed by atoms with Crippen LogP contribution in [0, 0.1) is 11.6 Å². The lowest BCUT2D eigenvalue weighted by Gasteiger charge is -2.10. The second-order valence-corrected chi connectivity index (χ2v) is 8.34.